The van der Waals surface area contributed by atoms with Gasteiger partial charge in [-0.3, -0.25) is 0 Å². The first-order chi connectivity index (χ1) is 18.6. The number of aliphatic hydroxyl groups is 1. The van der Waals surface area contributed by atoms with Crippen molar-refractivity contribution in [1.29, 1.82) is 5.41 Å². The zero-order valence-electron chi connectivity index (χ0n) is 23.1. The molecule has 6 nitrogen and oxygen atoms in total. The van der Waals surface area contributed by atoms with Gasteiger partial charge in [-0.05, 0) is 76.8 Å². The summed E-state index contributed by atoms with van der Waals surface area (Å²) in [6, 6.07) is 19.3. The first-order valence-corrected chi connectivity index (χ1v) is 13.5. The van der Waals surface area contributed by atoms with Crippen molar-refractivity contribution < 1.29 is 14.3 Å². The Morgan fingerprint density at radius 3 is 2.54 bits per heavy atom. The van der Waals surface area contributed by atoms with Crippen LogP contribution in [0.5, 0.6) is 0 Å². The Kier molecular flexibility index (Phi) is 8.70. The highest BCUT2D eigenvalue weighted by molar-refractivity contribution is 5.87. The molecule has 0 radical (unpaired) electrons. The van der Waals surface area contributed by atoms with Crippen LogP contribution in [-0.4, -0.2) is 30.0 Å². The van der Waals surface area contributed by atoms with Crippen LogP contribution in [0.4, 0.5) is 20.6 Å². The molecule has 39 heavy (non-hydrogen) atoms. The number of rotatable bonds is 10. The Morgan fingerprint density at radius 1 is 1.13 bits per heavy atom. The number of urea groups is 1. The summed E-state index contributed by atoms with van der Waals surface area (Å²) in [4.78, 5) is 12.9. The fourth-order valence-electron chi connectivity index (χ4n) is 5.47. The summed E-state index contributed by atoms with van der Waals surface area (Å²) < 4.78 is 13.3. The molecule has 3 aromatic rings. The van der Waals surface area contributed by atoms with Crippen LogP contribution in [0.1, 0.15) is 68.3 Å². The summed E-state index contributed by atoms with van der Waals surface area (Å²) in [5.74, 6) is 0.247. The van der Waals surface area contributed by atoms with E-state index in [1.807, 2.05) is 36.4 Å². The van der Waals surface area contributed by atoms with Crippen molar-refractivity contribution in [2.75, 3.05) is 11.9 Å². The number of amides is 2. The molecule has 0 saturated heterocycles. The van der Waals surface area contributed by atoms with Crippen LogP contribution >= 0.6 is 0 Å². The van der Waals surface area contributed by atoms with Gasteiger partial charge in [0.15, 0.2) is 0 Å². The first-order valence-electron chi connectivity index (χ1n) is 13.5. The third-order valence-corrected chi connectivity index (χ3v) is 7.60. The zero-order chi connectivity index (χ0) is 28.2. The van der Waals surface area contributed by atoms with Crippen molar-refractivity contribution in [3.05, 3.63) is 94.8 Å². The fraction of sp³-hybridized carbons (Fsp3) is 0.375. The average molecular weight is 531 g/mol. The Hall–Kier alpha value is -3.71. The van der Waals surface area contributed by atoms with E-state index < -0.39 is 12.1 Å². The summed E-state index contributed by atoms with van der Waals surface area (Å²) in [6.07, 6.45) is 2.12. The number of anilines is 2. The maximum atomic E-state index is 13.3. The van der Waals surface area contributed by atoms with Crippen molar-refractivity contribution in [2.45, 2.75) is 58.6 Å². The second-order valence-electron chi connectivity index (χ2n) is 11.6. The molecule has 0 bridgehead atoms. The molecule has 1 aliphatic carbocycles. The van der Waals surface area contributed by atoms with Gasteiger partial charge in [0.2, 0.25) is 0 Å². The minimum atomic E-state index is -0.642. The van der Waals surface area contributed by atoms with Crippen LogP contribution in [0.15, 0.2) is 66.7 Å². The number of hydrogen-bond acceptors (Lipinski definition) is 4. The number of carbonyl (C=O) groups excluding carboxylic acids is 1. The maximum Gasteiger partial charge on any atom is 0.315 e. The van der Waals surface area contributed by atoms with E-state index in [2.05, 4.69) is 49.7 Å². The maximum absolute atomic E-state index is 13.3. The number of benzene rings is 3. The quantitative estimate of drug-likeness (QED) is 0.189. The molecule has 1 unspecified atom stereocenters. The topological polar surface area (TPSA) is 97.2 Å². The SMILES string of the molecule is CC(C)CC(c1ccc(Nc2ccc(F)cc2)c(C=N)c1)C(C)(C)CNC(=O)N[C@@H]1c2ccccc2C[C@@H]1O. The van der Waals surface area contributed by atoms with Crippen molar-refractivity contribution in [3.63, 3.8) is 0 Å². The highest BCUT2D eigenvalue weighted by Gasteiger charge is 2.34. The second kappa shape index (κ2) is 12.0. The van der Waals surface area contributed by atoms with Crippen molar-refractivity contribution in [1.82, 2.24) is 10.6 Å². The zero-order valence-corrected chi connectivity index (χ0v) is 23.1. The normalized spacial score (nSPS) is 17.4. The number of aliphatic hydroxyl groups excluding tert-OH is 1. The lowest BCUT2D eigenvalue weighted by molar-refractivity contribution is 0.141. The van der Waals surface area contributed by atoms with Gasteiger partial charge in [0.25, 0.3) is 0 Å². The lowest BCUT2D eigenvalue weighted by Crippen LogP contribution is -2.45. The van der Waals surface area contributed by atoms with Gasteiger partial charge < -0.3 is 26.5 Å². The molecule has 206 valence electrons. The molecule has 0 spiro atoms. The third-order valence-electron chi connectivity index (χ3n) is 7.60. The third kappa shape index (κ3) is 6.84. The molecule has 2 amide bonds. The molecule has 1 aliphatic rings. The molecular formula is C32H39FN4O2. The highest BCUT2D eigenvalue weighted by atomic mass is 19.1. The summed E-state index contributed by atoms with van der Waals surface area (Å²) in [6.45, 7) is 9.11. The number of hydrogen-bond donors (Lipinski definition) is 5. The van der Waals surface area contributed by atoms with Crippen molar-refractivity contribution in [3.8, 4) is 0 Å². The summed E-state index contributed by atoms with van der Waals surface area (Å²) >= 11 is 0. The van der Waals surface area contributed by atoms with E-state index in [1.165, 1.54) is 18.3 Å². The van der Waals surface area contributed by atoms with Crippen molar-refractivity contribution >= 4 is 23.6 Å². The molecule has 0 fully saturated rings. The van der Waals surface area contributed by atoms with Gasteiger partial charge in [-0.25, -0.2) is 9.18 Å². The number of halogens is 1. The molecule has 0 aliphatic heterocycles. The lowest BCUT2D eigenvalue weighted by atomic mass is 9.71. The van der Waals surface area contributed by atoms with E-state index in [0.29, 0.717) is 18.9 Å². The average Bonchev–Trinajstić information content (AvgIpc) is 3.22. The van der Waals surface area contributed by atoms with Gasteiger partial charge in [0.05, 0.1) is 12.1 Å². The Labute approximate surface area is 230 Å². The van der Waals surface area contributed by atoms with Crippen LogP contribution < -0.4 is 16.0 Å². The molecule has 0 heterocycles. The summed E-state index contributed by atoms with van der Waals surface area (Å²) in [7, 11) is 0. The lowest BCUT2D eigenvalue weighted by Gasteiger charge is -2.37. The monoisotopic (exact) mass is 530 g/mol. The molecule has 5 N–H and O–H groups in total. The highest BCUT2D eigenvalue weighted by Crippen LogP contribution is 2.41. The van der Waals surface area contributed by atoms with Crippen LogP contribution in [0, 0.1) is 22.6 Å². The van der Waals surface area contributed by atoms with Crippen LogP contribution in [0.25, 0.3) is 0 Å². The Bertz CT molecular complexity index is 1310. The van der Waals surface area contributed by atoms with Gasteiger partial charge in [0.1, 0.15) is 5.82 Å². The number of carbonyl (C=O) groups is 1. The molecule has 3 atom stereocenters. The van der Waals surface area contributed by atoms with E-state index in [-0.39, 0.29) is 23.2 Å². The van der Waals surface area contributed by atoms with E-state index >= 15 is 0 Å². The largest absolute Gasteiger partial charge is 0.390 e. The molecule has 0 aromatic heterocycles. The van der Waals surface area contributed by atoms with Crippen LogP contribution in [-0.2, 0) is 6.42 Å². The molecule has 3 aromatic carbocycles. The van der Waals surface area contributed by atoms with E-state index in [0.717, 1.165) is 40.0 Å². The Morgan fingerprint density at radius 2 is 1.85 bits per heavy atom. The van der Waals surface area contributed by atoms with Gasteiger partial charge in [0, 0.05) is 36.1 Å². The standard InChI is InChI=1S/C32H39FN4O2/c1-20(2)15-27(22-9-14-28(23(16-22)18-34)36-25-12-10-24(33)11-13-25)32(3,4)19-35-31(39)37-30-26-8-6-5-7-21(26)17-29(30)38/h5-14,16,18,20,27,29-30,34,36,38H,15,17,19H2,1-4H3,(H2,35,37,39)/t27?,29-,30+/m0/s1. The summed E-state index contributed by atoms with van der Waals surface area (Å²) in [5.41, 5.74) is 5.09. The Balaban J connectivity index is 1.48. The predicted molar refractivity (Wildman–Crippen MR) is 155 cm³/mol. The summed E-state index contributed by atoms with van der Waals surface area (Å²) in [5, 5.41) is 27.8. The smallest absolute Gasteiger partial charge is 0.315 e. The fourth-order valence-corrected chi connectivity index (χ4v) is 5.47. The van der Waals surface area contributed by atoms with Crippen LogP contribution in [0.2, 0.25) is 0 Å². The number of fused-ring (bicyclic) bond motifs is 1. The minimum Gasteiger partial charge on any atom is -0.390 e. The molecule has 0 saturated carbocycles. The van der Waals surface area contributed by atoms with E-state index in [9.17, 15) is 14.3 Å². The first kappa shape index (κ1) is 28.3. The molecule has 7 heteroatoms. The van der Waals surface area contributed by atoms with E-state index in [4.69, 9.17) is 5.41 Å². The van der Waals surface area contributed by atoms with Crippen LogP contribution in [0.3, 0.4) is 0 Å². The molecular weight excluding hydrogens is 491 g/mol. The minimum absolute atomic E-state index is 0.120. The van der Waals surface area contributed by atoms with Gasteiger partial charge in [-0.15, -0.1) is 0 Å². The van der Waals surface area contributed by atoms with Crippen molar-refractivity contribution in [2.24, 2.45) is 11.3 Å². The van der Waals surface area contributed by atoms with E-state index in [1.54, 1.807) is 12.1 Å². The van der Waals surface area contributed by atoms with Gasteiger partial charge >= 0.3 is 6.03 Å². The van der Waals surface area contributed by atoms with Gasteiger partial charge in [-0.2, -0.15) is 0 Å². The molecule has 4 rings (SSSR count). The predicted octanol–water partition coefficient (Wildman–Crippen LogP) is 6.68. The second-order valence-corrected chi connectivity index (χ2v) is 11.6. The number of nitrogens with one attached hydrogen (secondary N) is 4. The van der Waals surface area contributed by atoms with Gasteiger partial charge in [-0.1, -0.05) is 58.0 Å².